The van der Waals surface area contributed by atoms with Gasteiger partial charge in [0.1, 0.15) is 12.3 Å². The van der Waals surface area contributed by atoms with Gasteiger partial charge < -0.3 is 20.3 Å². The predicted molar refractivity (Wildman–Crippen MR) is 136 cm³/mol. The average Bonchev–Trinajstić information content (AvgIpc) is 2.85. The third-order valence-corrected chi connectivity index (χ3v) is 6.63. The van der Waals surface area contributed by atoms with E-state index in [1.807, 2.05) is 54.6 Å². The molecule has 0 bridgehead atoms. The van der Waals surface area contributed by atoms with E-state index in [1.165, 1.54) is 22.2 Å². The molecular weight excluding hydrogens is 446 g/mol. The SMILES string of the molecule is COc1ccc(C=C2Sc3ccc(C(=O)NCC[NH+](C)Cc4ccccc4)cc3NC2=O)cc1. The molecule has 2 amide bonds. The average molecular weight is 475 g/mol. The molecule has 174 valence electrons. The van der Waals surface area contributed by atoms with Crippen LogP contribution in [0.4, 0.5) is 5.69 Å². The monoisotopic (exact) mass is 474 g/mol. The zero-order valence-corrected chi connectivity index (χ0v) is 20.1. The number of carbonyl (C=O) groups is 2. The first-order chi connectivity index (χ1) is 16.5. The number of rotatable bonds is 8. The second-order valence-corrected chi connectivity index (χ2v) is 9.26. The summed E-state index contributed by atoms with van der Waals surface area (Å²) in [5.41, 5.74) is 3.37. The Labute approximate surface area is 204 Å². The van der Waals surface area contributed by atoms with Crippen LogP contribution in [0.25, 0.3) is 6.08 Å². The topological polar surface area (TPSA) is 71.9 Å². The molecule has 0 fully saturated rings. The molecule has 6 nitrogen and oxygen atoms in total. The number of nitrogens with one attached hydrogen (secondary N) is 3. The number of quaternary nitrogens is 1. The lowest BCUT2D eigenvalue weighted by Gasteiger charge is -2.19. The van der Waals surface area contributed by atoms with Crippen LogP contribution in [-0.2, 0) is 11.3 Å². The van der Waals surface area contributed by atoms with E-state index < -0.39 is 0 Å². The highest BCUT2D eigenvalue weighted by atomic mass is 32.2. The van der Waals surface area contributed by atoms with Crippen molar-refractivity contribution in [1.29, 1.82) is 0 Å². The summed E-state index contributed by atoms with van der Waals surface area (Å²) >= 11 is 1.40. The first kappa shape index (κ1) is 23.6. The van der Waals surface area contributed by atoms with Crippen molar-refractivity contribution in [2.24, 2.45) is 0 Å². The van der Waals surface area contributed by atoms with Gasteiger partial charge in [-0.05, 0) is 42.0 Å². The molecule has 0 aliphatic carbocycles. The number of amides is 2. The number of fused-ring (bicyclic) bond motifs is 1. The Kier molecular flexibility index (Phi) is 7.67. The quantitative estimate of drug-likeness (QED) is 0.439. The molecule has 0 aromatic heterocycles. The second kappa shape index (κ2) is 11.0. The van der Waals surface area contributed by atoms with Crippen LogP contribution < -0.4 is 20.3 Å². The first-order valence-electron chi connectivity index (χ1n) is 11.1. The number of ether oxygens (including phenoxy) is 1. The molecule has 3 aromatic rings. The van der Waals surface area contributed by atoms with Crippen molar-refractivity contribution < 1.29 is 19.2 Å². The van der Waals surface area contributed by atoms with Gasteiger partial charge in [0.25, 0.3) is 11.8 Å². The smallest absolute Gasteiger partial charge is 0.262 e. The number of hydrogen-bond donors (Lipinski definition) is 3. The van der Waals surface area contributed by atoms with Crippen LogP contribution in [0.2, 0.25) is 0 Å². The molecule has 1 heterocycles. The highest BCUT2D eigenvalue weighted by molar-refractivity contribution is 8.04. The maximum Gasteiger partial charge on any atom is 0.262 e. The summed E-state index contributed by atoms with van der Waals surface area (Å²) in [6.45, 7) is 2.30. The molecule has 3 N–H and O–H groups in total. The second-order valence-electron chi connectivity index (χ2n) is 8.17. The number of likely N-dealkylation sites (N-methyl/N-ethyl adjacent to an activating group) is 1. The van der Waals surface area contributed by atoms with Crippen molar-refractivity contribution in [3.05, 3.63) is 94.4 Å². The maximum absolute atomic E-state index is 12.6. The molecule has 1 unspecified atom stereocenters. The molecule has 0 saturated heterocycles. The van der Waals surface area contributed by atoms with Gasteiger partial charge in [0.15, 0.2) is 0 Å². The normalized spacial score (nSPS) is 14.8. The van der Waals surface area contributed by atoms with Crippen molar-refractivity contribution in [3.8, 4) is 5.75 Å². The lowest BCUT2D eigenvalue weighted by Crippen LogP contribution is -3.08. The maximum atomic E-state index is 12.6. The summed E-state index contributed by atoms with van der Waals surface area (Å²) in [6.07, 6.45) is 1.84. The lowest BCUT2D eigenvalue weighted by molar-refractivity contribution is -0.892. The van der Waals surface area contributed by atoms with Gasteiger partial charge in [0.05, 0.1) is 37.8 Å². The first-order valence-corrected chi connectivity index (χ1v) is 12.0. The molecule has 3 aromatic carbocycles. The van der Waals surface area contributed by atoms with E-state index in [-0.39, 0.29) is 11.8 Å². The summed E-state index contributed by atoms with van der Waals surface area (Å²) in [5.74, 6) is 0.439. The molecule has 7 heteroatoms. The van der Waals surface area contributed by atoms with Crippen LogP contribution in [-0.4, -0.2) is 39.1 Å². The van der Waals surface area contributed by atoms with E-state index in [9.17, 15) is 9.59 Å². The van der Waals surface area contributed by atoms with Crippen molar-refractivity contribution >= 4 is 35.3 Å². The minimum atomic E-state index is -0.183. The van der Waals surface area contributed by atoms with Crippen LogP contribution in [0, 0.1) is 0 Å². The van der Waals surface area contributed by atoms with Crippen molar-refractivity contribution in [2.45, 2.75) is 11.4 Å². The van der Waals surface area contributed by atoms with Gasteiger partial charge in [0.2, 0.25) is 0 Å². The fraction of sp³-hybridized carbons (Fsp3) is 0.185. The molecule has 1 aliphatic rings. The molecule has 1 atom stereocenters. The zero-order chi connectivity index (χ0) is 23.9. The Bertz CT molecular complexity index is 1190. The summed E-state index contributed by atoms with van der Waals surface area (Å²) in [6, 6.07) is 23.2. The molecule has 1 aliphatic heterocycles. The summed E-state index contributed by atoms with van der Waals surface area (Å²) < 4.78 is 5.18. The van der Waals surface area contributed by atoms with Crippen LogP contribution in [0.15, 0.2) is 82.6 Å². The van der Waals surface area contributed by atoms with Crippen LogP contribution in [0.3, 0.4) is 0 Å². The third kappa shape index (κ3) is 6.07. The summed E-state index contributed by atoms with van der Waals surface area (Å²) in [7, 11) is 3.73. The number of methoxy groups -OCH3 is 1. The Morgan fingerprint density at radius 2 is 1.85 bits per heavy atom. The van der Waals surface area contributed by atoms with Gasteiger partial charge in [-0.1, -0.05) is 54.2 Å². The lowest BCUT2D eigenvalue weighted by atomic mass is 10.1. The number of benzene rings is 3. The van der Waals surface area contributed by atoms with Gasteiger partial charge in [-0.3, -0.25) is 9.59 Å². The molecule has 0 radical (unpaired) electrons. The van der Waals surface area contributed by atoms with E-state index in [4.69, 9.17) is 4.74 Å². The van der Waals surface area contributed by atoms with Crippen molar-refractivity contribution in [2.75, 3.05) is 32.6 Å². The van der Waals surface area contributed by atoms with E-state index in [1.54, 1.807) is 19.2 Å². The Hall–Kier alpha value is -3.55. The standard InChI is InChI=1S/C27H27N3O3S/c1-30(18-20-6-4-3-5-7-20)15-14-28-26(31)21-10-13-24-23(17-21)29-27(32)25(34-24)16-19-8-11-22(33-2)12-9-19/h3-13,16-17H,14-15,18H2,1-2H3,(H,28,31)(H,29,32)/p+1. The molecule has 4 rings (SSSR count). The van der Waals surface area contributed by atoms with E-state index in [0.29, 0.717) is 22.7 Å². The van der Waals surface area contributed by atoms with Crippen molar-refractivity contribution in [1.82, 2.24) is 5.32 Å². The fourth-order valence-electron chi connectivity index (χ4n) is 3.68. The van der Waals surface area contributed by atoms with Crippen LogP contribution in [0.5, 0.6) is 5.75 Å². The molecule has 34 heavy (non-hydrogen) atoms. The van der Waals surface area contributed by atoms with Gasteiger partial charge >= 0.3 is 0 Å². The largest absolute Gasteiger partial charge is 0.497 e. The molecule has 0 spiro atoms. The number of carbonyl (C=O) groups excluding carboxylic acids is 2. The van der Waals surface area contributed by atoms with E-state index in [0.717, 1.165) is 29.3 Å². The minimum absolute atomic E-state index is 0.144. The van der Waals surface area contributed by atoms with Gasteiger partial charge in [-0.2, -0.15) is 0 Å². The number of thioether (sulfide) groups is 1. The molecular formula is C27H28N3O3S+. The fourth-order valence-corrected chi connectivity index (χ4v) is 4.61. The minimum Gasteiger partial charge on any atom is -0.497 e. The van der Waals surface area contributed by atoms with Gasteiger partial charge in [-0.25, -0.2) is 0 Å². The Morgan fingerprint density at radius 1 is 1.09 bits per heavy atom. The van der Waals surface area contributed by atoms with E-state index in [2.05, 4.69) is 29.8 Å². The Balaban J connectivity index is 1.34. The summed E-state index contributed by atoms with van der Waals surface area (Å²) in [4.78, 5) is 28.1. The Morgan fingerprint density at radius 3 is 2.59 bits per heavy atom. The third-order valence-electron chi connectivity index (χ3n) is 5.53. The van der Waals surface area contributed by atoms with Crippen LogP contribution >= 0.6 is 11.8 Å². The van der Waals surface area contributed by atoms with Gasteiger partial charge in [0, 0.05) is 16.0 Å². The number of hydrogen-bond acceptors (Lipinski definition) is 4. The summed E-state index contributed by atoms with van der Waals surface area (Å²) in [5, 5.41) is 5.90. The zero-order valence-electron chi connectivity index (χ0n) is 19.3. The predicted octanol–water partition coefficient (Wildman–Crippen LogP) is 3.23. The highest BCUT2D eigenvalue weighted by Gasteiger charge is 2.22. The highest BCUT2D eigenvalue weighted by Crippen LogP contribution is 2.39. The van der Waals surface area contributed by atoms with Gasteiger partial charge in [-0.15, -0.1) is 0 Å². The van der Waals surface area contributed by atoms with E-state index >= 15 is 0 Å². The number of anilines is 1. The molecule has 0 saturated carbocycles. The van der Waals surface area contributed by atoms with Crippen molar-refractivity contribution in [3.63, 3.8) is 0 Å². The van der Waals surface area contributed by atoms with Crippen LogP contribution in [0.1, 0.15) is 21.5 Å².